The molecule has 5 nitrogen and oxygen atoms in total. The van der Waals surface area contributed by atoms with Crippen LogP contribution in [-0.4, -0.2) is 29.8 Å². The maximum atomic E-state index is 12.6. The fraction of sp³-hybridized carbons (Fsp3) is 0.200. The minimum Gasteiger partial charge on any atom is -0.376 e. The molecule has 3 aromatic rings. The molecule has 1 N–H and O–H groups in total. The van der Waals surface area contributed by atoms with Crippen molar-refractivity contribution < 1.29 is 4.79 Å². The lowest BCUT2D eigenvalue weighted by molar-refractivity contribution is 0.102. The van der Waals surface area contributed by atoms with E-state index < -0.39 is 0 Å². The van der Waals surface area contributed by atoms with Gasteiger partial charge in [-0.25, -0.2) is 4.68 Å². The number of carbonyl (C=O) groups is 1. The second-order valence-corrected chi connectivity index (χ2v) is 6.83. The lowest BCUT2D eigenvalue weighted by Gasteiger charge is -2.18. The van der Waals surface area contributed by atoms with E-state index in [1.54, 1.807) is 24.3 Å². The number of amides is 1. The lowest BCUT2D eigenvalue weighted by Crippen LogP contribution is -2.16. The Kier molecular flexibility index (Phi) is 5.00. The Morgan fingerprint density at radius 2 is 1.77 bits per heavy atom. The van der Waals surface area contributed by atoms with Gasteiger partial charge in [-0.2, -0.15) is 5.10 Å². The molecule has 0 aliphatic carbocycles. The summed E-state index contributed by atoms with van der Waals surface area (Å²) in [4.78, 5) is 14.6. The van der Waals surface area contributed by atoms with Crippen LogP contribution in [0.4, 0.5) is 11.4 Å². The van der Waals surface area contributed by atoms with Crippen LogP contribution < -0.4 is 10.2 Å². The molecule has 0 saturated carbocycles. The first-order valence-electron chi connectivity index (χ1n) is 8.27. The minimum absolute atomic E-state index is 0.185. The number of aryl methyl sites for hydroxylation is 2. The van der Waals surface area contributed by atoms with Crippen LogP contribution in [0.15, 0.2) is 48.5 Å². The summed E-state index contributed by atoms with van der Waals surface area (Å²) in [6.45, 7) is 3.96. The Hall–Kier alpha value is -2.79. The van der Waals surface area contributed by atoms with Gasteiger partial charge in [-0.15, -0.1) is 0 Å². The SMILES string of the molecule is Cc1cc(C)n(-c2ccc(C(=O)Nc3cc(Cl)ccc3N(C)C)cc2)n1. The van der Waals surface area contributed by atoms with Crippen molar-refractivity contribution >= 4 is 28.9 Å². The summed E-state index contributed by atoms with van der Waals surface area (Å²) < 4.78 is 1.86. The van der Waals surface area contributed by atoms with Crippen LogP contribution in [0.3, 0.4) is 0 Å². The molecule has 0 aliphatic heterocycles. The molecule has 26 heavy (non-hydrogen) atoms. The van der Waals surface area contributed by atoms with Crippen molar-refractivity contribution in [3.63, 3.8) is 0 Å². The molecular formula is C20H21ClN4O. The number of benzene rings is 2. The van der Waals surface area contributed by atoms with Crippen LogP contribution in [-0.2, 0) is 0 Å². The van der Waals surface area contributed by atoms with Gasteiger partial charge in [-0.05, 0) is 62.4 Å². The summed E-state index contributed by atoms with van der Waals surface area (Å²) in [6.07, 6.45) is 0. The van der Waals surface area contributed by atoms with Crippen molar-refractivity contribution in [2.75, 3.05) is 24.3 Å². The Labute approximate surface area is 158 Å². The maximum absolute atomic E-state index is 12.6. The molecule has 0 radical (unpaired) electrons. The first kappa shape index (κ1) is 18.0. The third kappa shape index (κ3) is 3.73. The van der Waals surface area contributed by atoms with Crippen LogP contribution in [0.1, 0.15) is 21.7 Å². The number of nitrogens with zero attached hydrogens (tertiary/aromatic N) is 3. The molecule has 0 fully saturated rings. The molecule has 0 atom stereocenters. The third-order valence-corrected chi connectivity index (χ3v) is 4.31. The fourth-order valence-electron chi connectivity index (χ4n) is 2.84. The minimum atomic E-state index is -0.185. The summed E-state index contributed by atoms with van der Waals surface area (Å²) in [5, 5.41) is 7.97. The number of rotatable bonds is 4. The van der Waals surface area contributed by atoms with Gasteiger partial charge in [0.25, 0.3) is 5.91 Å². The molecule has 3 rings (SSSR count). The Morgan fingerprint density at radius 3 is 2.35 bits per heavy atom. The van der Waals surface area contributed by atoms with Crippen molar-refractivity contribution in [3.8, 4) is 5.69 Å². The highest BCUT2D eigenvalue weighted by atomic mass is 35.5. The predicted molar refractivity (Wildman–Crippen MR) is 107 cm³/mol. The largest absolute Gasteiger partial charge is 0.376 e. The van der Waals surface area contributed by atoms with E-state index in [4.69, 9.17) is 11.6 Å². The van der Waals surface area contributed by atoms with Crippen molar-refractivity contribution in [2.24, 2.45) is 0 Å². The number of carbonyl (C=O) groups excluding carboxylic acids is 1. The molecular weight excluding hydrogens is 348 g/mol. The molecule has 6 heteroatoms. The van der Waals surface area contributed by atoms with Crippen molar-refractivity contribution in [1.82, 2.24) is 9.78 Å². The van der Waals surface area contributed by atoms with E-state index in [-0.39, 0.29) is 5.91 Å². The topological polar surface area (TPSA) is 50.2 Å². The number of aromatic nitrogens is 2. The molecule has 0 unspecified atom stereocenters. The van der Waals surface area contributed by atoms with E-state index in [0.717, 1.165) is 22.8 Å². The molecule has 2 aromatic carbocycles. The zero-order valence-electron chi connectivity index (χ0n) is 15.2. The summed E-state index contributed by atoms with van der Waals surface area (Å²) in [6, 6.07) is 14.8. The van der Waals surface area contributed by atoms with Crippen molar-refractivity contribution in [3.05, 3.63) is 70.5 Å². The number of anilines is 2. The molecule has 134 valence electrons. The highest BCUT2D eigenvalue weighted by Crippen LogP contribution is 2.28. The van der Waals surface area contributed by atoms with Gasteiger partial charge in [-0.1, -0.05) is 11.6 Å². The molecule has 1 amide bonds. The van der Waals surface area contributed by atoms with Gasteiger partial charge >= 0.3 is 0 Å². The quantitative estimate of drug-likeness (QED) is 0.739. The zero-order chi connectivity index (χ0) is 18.8. The Balaban J connectivity index is 1.83. The highest BCUT2D eigenvalue weighted by molar-refractivity contribution is 6.31. The van der Waals surface area contributed by atoms with Gasteiger partial charge in [0.2, 0.25) is 0 Å². The monoisotopic (exact) mass is 368 g/mol. The van der Waals surface area contributed by atoms with Crippen LogP contribution in [0.2, 0.25) is 5.02 Å². The van der Waals surface area contributed by atoms with Gasteiger partial charge in [0.1, 0.15) is 0 Å². The zero-order valence-corrected chi connectivity index (χ0v) is 16.0. The molecule has 0 saturated heterocycles. The van der Waals surface area contributed by atoms with E-state index >= 15 is 0 Å². The maximum Gasteiger partial charge on any atom is 0.255 e. The normalized spacial score (nSPS) is 10.7. The predicted octanol–water partition coefficient (Wildman–Crippen LogP) is 4.46. The second-order valence-electron chi connectivity index (χ2n) is 6.40. The van der Waals surface area contributed by atoms with Crippen LogP contribution in [0.25, 0.3) is 5.69 Å². The van der Waals surface area contributed by atoms with Gasteiger partial charge in [0.05, 0.1) is 22.8 Å². The number of hydrogen-bond acceptors (Lipinski definition) is 3. The van der Waals surface area contributed by atoms with E-state index in [0.29, 0.717) is 16.3 Å². The first-order chi connectivity index (χ1) is 12.3. The lowest BCUT2D eigenvalue weighted by atomic mass is 10.1. The second kappa shape index (κ2) is 7.22. The van der Waals surface area contributed by atoms with Crippen LogP contribution >= 0.6 is 11.6 Å². The average molecular weight is 369 g/mol. The summed E-state index contributed by atoms with van der Waals surface area (Å²) in [5.41, 5.74) is 5.07. The van der Waals surface area contributed by atoms with E-state index in [1.165, 1.54) is 0 Å². The van der Waals surface area contributed by atoms with Crippen molar-refractivity contribution in [2.45, 2.75) is 13.8 Å². The highest BCUT2D eigenvalue weighted by Gasteiger charge is 2.12. The third-order valence-electron chi connectivity index (χ3n) is 4.07. The van der Waals surface area contributed by atoms with Crippen molar-refractivity contribution in [1.29, 1.82) is 0 Å². The Morgan fingerprint density at radius 1 is 1.08 bits per heavy atom. The standard InChI is InChI=1S/C20H21ClN4O/c1-13-11-14(2)25(23-13)17-8-5-15(6-9-17)20(26)22-18-12-16(21)7-10-19(18)24(3)4/h5-12H,1-4H3,(H,22,26). The molecule has 1 aromatic heterocycles. The van der Waals surface area contributed by atoms with E-state index in [2.05, 4.69) is 10.4 Å². The van der Waals surface area contributed by atoms with E-state index in [1.807, 2.05) is 61.8 Å². The first-order valence-corrected chi connectivity index (χ1v) is 8.65. The molecule has 0 aliphatic rings. The number of nitrogens with one attached hydrogen (secondary N) is 1. The fourth-order valence-corrected chi connectivity index (χ4v) is 3.01. The van der Waals surface area contributed by atoms with Gasteiger partial charge in [0, 0.05) is 30.4 Å². The Bertz CT molecular complexity index is 945. The van der Waals surface area contributed by atoms with Gasteiger partial charge in [-0.3, -0.25) is 4.79 Å². The number of halogens is 1. The van der Waals surface area contributed by atoms with Crippen LogP contribution in [0, 0.1) is 13.8 Å². The van der Waals surface area contributed by atoms with Gasteiger partial charge in [0.15, 0.2) is 0 Å². The smallest absolute Gasteiger partial charge is 0.255 e. The molecule has 0 bridgehead atoms. The van der Waals surface area contributed by atoms with E-state index in [9.17, 15) is 4.79 Å². The number of hydrogen-bond donors (Lipinski definition) is 1. The molecule has 1 heterocycles. The van der Waals surface area contributed by atoms with Gasteiger partial charge < -0.3 is 10.2 Å². The average Bonchev–Trinajstić information content (AvgIpc) is 2.93. The summed E-state index contributed by atoms with van der Waals surface area (Å²) in [7, 11) is 3.84. The summed E-state index contributed by atoms with van der Waals surface area (Å²) in [5.74, 6) is -0.185. The molecule has 0 spiro atoms. The summed E-state index contributed by atoms with van der Waals surface area (Å²) >= 11 is 6.08. The van der Waals surface area contributed by atoms with Crippen LogP contribution in [0.5, 0.6) is 0 Å².